The summed E-state index contributed by atoms with van der Waals surface area (Å²) in [5.74, 6) is 5.49. The summed E-state index contributed by atoms with van der Waals surface area (Å²) in [6.07, 6.45) is -2.37. The van der Waals surface area contributed by atoms with Crippen molar-refractivity contribution in [2.75, 3.05) is 26.3 Å². The summed E-state index contributed by atoms with van der Waals surface area (Å²) in [7, 11) is 0. The fraction of sp³-hybridized carbons (Fsp3) is 0.750. The molecule has 2 nitrogen and oxygen atoms in total. The molecule has 70 valence electrons. The van der Waals surface area contributed by atoms with E-state index in [1.807, 2.05) is 0 Å². The fourth-order valence-corrected chi connectivity index (χ4v) is 0.556. The predicted molar refractivity (Wildman–Crippen MR) is 43.1 cm³/mol. The van der Waals surface area contributed by atoms with Gasteiger partial charge in [-0.1, -0.05) is 5.92 Å². The minimum Gasteiger partial charge on any atom is -0.374 e. The maximum absolute atomic E-state index is 11.5. The monoisotopic (exact) mass is 177 g/mol. The number of alkyl halides is 2. The van der Waals surface area contributed by atoms with Gasteiger partial charge in [0.05, 0.1) is 13.2 Å². The van der Waals surface area contributed by atoms with E-state index < -0.39 is 13.0 Å². The van der Waals surface area contributed by atoms with Gasteiger partial charge in [-0.3, -0.25) is 0 Å². The van der Waals surface area contributed by atoms with Crippen LogP contribution in [0.5, 0.6) is 0 Å². The van der Waals surface area contributed by atoms with Crippen molar-refractivity contribution in [2.24, 2.45) is 0 Å². The molecule has 0 aliphatic rings. The minimum atomic E-state index is -2.37. The smallest absolute Gasteiger partial charge is 0.261 e. The van der Waals surface area contributed by atoms with Crippen LogP contribution in [0.15, 0.2) is 0 Å². The summed E-state index contributed by atoms with van der Waals surface area (Å²) in [4.78, 5) is 0. The summed E-state index contributed by atoms with van der Waals surface area (Å²) in [6, 6.07) is 0. The molecule has 1 N–H and O–H groups in total. The van der Waals surface area contributed by atoms with E-state index >= 15 is 0 Å². The molecule has 0 atom stereocenters. The van der Waals surface area contributed by atoms with Crippen molar-refractivity contribution in [3.05, 3.63) is 0 Å². The van der Waals surface area contributed by atoms with E-state index in [-0.39, 0.29) is 0 Å². The first kappa shape index (κ1) is 11.3. The summed E-state index contributed by atoms with van der Waals surface area (Å²) in [5.41, 5.74) is 0. The normalized spacial score (nSPS) is 9.67. The zero-order valence-electron chi connectivity index (χ0n) is 7.07. The van der Waals surface area contributed by atoms with Crippen molar-refractivity contribution in [1.82, 2.24) is 5.32 Å². The Morgan fingerprint density at radius 2 is 2.25 bits per heavy atom. The SMILES string of the molecule is CC#CCNCCOCC(F)F. The molecule has 0 aromatic heterocycles. The molecular formula is C8H13F2NO. The third-order valence-electron chi connectivity index (χ3n) is 1.06. The molecule has 0 rings (SSSR count). The van der Waals surface area contributed by atoms with Gasteiger partial charge < -0.3 is 10.1 Å². The fourth-order valence-electron chi connectivity index (χ4n) is 0.556. The number of hydrogen-bond acceptors (Lipinski definition) is 2. The van der Waals surface area contributed by atoms with E-state index in [1.54, 1.807) is 6.92 Å². The van der Waals surface area contributed by atoms with Crippen LogP contribution in [0.4, 0.5) is 8.78 Å². The number of nitrogens with one attached hydrogen (secondary N) is 1. The van der Waals surface area contributed by atoms with Crippen molar-refractivity contribution < 1.29 is 13.5 Å². The van der Waals surface area contributed by atoms with Crippen LogP contribution in [0.1, 0.15) is 6.92 Å². The first-order chi connectivity index (χ1) is 5.77. The molecule has 0 aliphatic carbocycles. The van der Waals surface area contributed by atoms with Crippen molar-refractivity contribution in [3.8, 4) is 11.8 Å². The Morgan fingerprint density at radius 1 is 1.50 bits per heavy atom. The Labute approximate surface area is 71.3 Å². The summed E-state index contributed by atoms with van der Waals surface area (Å²) in [6.45, 7) is 2.70. The number of halogens is 2. The van der Waals surface area contributed by atoms with Gasteiger partial charge in [-0.05, 0) is 6.92 Å². The second-order valence-electron chi connectivity index (χ2n) is 2.07. The highest BCUT2D eigenvalue weighted by Gasteiger charge is 1.99. The van der Waals surface area contributed by atoms with Crippen molar-refractivity contribution in [3.63, 3.8) is 0 Å². The van der Waals surface area contributed by atoms with Gasteiger partial charge >= 0.3 is 0 Å². The lowest BCUT2D eigenvalue weighted by Gasteiger charge is -2.02. The average Bonchev–Trinajstić information content (AvgIpc) is 2.02. The molecular weight excluding hydrogens is 164 g/mol. The van der Waals surface area contributed by atoms with Gasteiger partial charge in [0.15, 0.2) is 0 Å². The first-order valence-corrected chi connectivity index (χ1v) is 3.73. The maximum Gasteiger partial charge on any atom is 0.261 e. The molecule has 0 aromatic carbocycles. The van der Waals surface area contributed by atoms with Gasteiger partial charge in [0.2, 0.25) is 0 Å². The highest BCUT2D eigenvalue weighted by molar-refractivity contribution is 4.96. The van der Waals surface area contributed by atoms with E-state index in [9.17, 15) is 8.78 Å². The van der Waals surface area contributed by atoms with Gasteiger partial charge in [-0.15, -0.1) is 5.92 Å². The minimum absolute atomic E-state index is 0.301. The Balaban J connectivity index is 2.94. The highest BCUT2D eigenvalue weighted by Crippen LogP contribution is 1.90. The Bertz CT molecular complexity index is 151. The third-order valence-corrected chi connectivity index (χ3v) is 1.06. The van der Waals surface area contributed by atoms with Crippen LogP contribution in [0.25, 0.3) is 0 Å². The molecule has 12 heavy (non-hydrogen) atoms. The lowest BCUT2D eigenvalue weighted by molar-refractivity contribution is 0.0190. The molecule has 0 bridgehead atoms. The van der Waals surface area contributed by atoms with Crippen LogP contribution in [0.3, 0.4) is 0 Å². The lowest BCUT2D eigenvalue weighted by atomic mass is 10.5. The number of rotatable bonds is 6. The molecule has 0 radical (unpaired) electrons. The molecule has 4 heteroatoms. The van der Waals surface area contributed by atoms with E-state index in [1.165, 1.54) is 0 Å². The van der Waals surface area contributed by atoms with Gasteiger partial charge in [0, 0.05) is 6.54 Å². The molecule has 0 heterocycles. The average molecular weight is 177 g/mol. The molecule has 0 saturated carbocycles. The van der Waals surface area contributed by atoms with Crippen LogP contribution in [0, 0.1) is 11.8 Å². The predicted octanol–water partition coefficient (Wildman–Crippen LogP) is 0.881. The molecule has 0 amide bonds. The van der Waals surface area contributed by atoms with Crippen LogP contribution in [-0.4, -0.2) is 32.7 Å². The van der Waals surface area contributed by atoms with Gasteiger partial charge in [0.1, 0.15) is 6.61 Å². The Hall–Kier alpha value is -0.660. The van der Waals surface area contributed by atoms with Gasteiger partial charge in [-0.25, -0.2) is 8.78 Å². The van der Waals surface area contributed by atoms with Crippen molar-refractivity contribution in [2.45, 2.75) is 13.3 Å². The quantitative estimate of drug-likeness (QED) is 0.480. The lowest BCUT2D eigenvalue weighted by Crippen LogP contribution is -2.21. The second kappa shape index (κ2) is 8.44. The van der Waals surface area contributed by atoms with Crippen LogP contribution >= 0.6 is 0 Å². The Kier molecular flexibility index (Phi) is 7.97. The second-order valence-corrected chi connectivity index (χ2v) is 2.07. The molecule has 0 aromatic rings. The Morgan fingerprint density at radius 3 is 2.83 bits per heavy atom. The number of ether oxygens (including phenoxy) is 1. The summed E-state index contributed by atoms with van der Waals surface area (Å²) in [5, 5.41) is 2.92. The van der Waals surface area contributed by atoms with Gasteiger partial charge in [-0.2, -0.15) is 0 Å². The highest BCUT2D eigenvalue weighted by atomic mass is 19.3. The van der Waals surface area contributed by atoms with Gasteiger partial charge in [0.25, 0.3) is 6.43 Å². The van der Waals surface area contributed by atoms with Crippen LogP contribution < -0.4 is 5.32 Å². The van der Waals surface area contributed by atoms with E-state index in [0.29, 0.717) is 19.7 Å². The van der Waals surface area contributed by atoms with Crippen LogP contribution in [0.2, 0.25) is 0 Å². The molecule has 0 saturated heterocycles. The van der Waals surface area contributed by atoms with Crippen molar-refractivity contribution >= 4 is 0 Å². The largest absolute Gasteiger partial charge is 0.374 e. The van der Waals surface area contributed by atoms with E-state index in [2.05, 4.69) is 21.9 Å². The molecule has 0 aliphatic heterocycles. The topological polar surface area (TPSA) is 21.3 Å². The van der Waals surface area contributed by atoms with E-state index in [0.717, 1.165) is 0 Å². The number of hydrogen-bond donors (Lipinski definition) is 1. The zero-order chi connectivity index (χ0) is 9.23. The summed E-state index contributed by atoms with van der Waals surface area (Å²) >= 11 is 0. The van der Waals surface area contributed by atoms with Crippen molar-refractivity contribution in [1.29, 1.82) is 0 Å². The van der Waals surface area contributed by atoms with E-state index in [4.69, 9.17) is 0 Å². The maximum atomic E-state index is 11.5. The standard InChI is InChI=1S/C8H13F2NO/c1-2-3-4-11-5-6-12-7-8(9)10/h8,11H,4-7H2,1H3. The van der Waals surface area contributed by atoms with Crippen LogP contribution in [-0.2, 0) is 4.74 Å². The molecule has 0 unspecified atom stereocenters. The first-order valence-electron chi connectivity index (χ1n) is 3.73. The molecule has 0 spiro atoms. The third kappa shape index (κ3) is 9.34. The summed E-state index contributed by atoms with van der Waals surface area (Å²) < 4.78 is 27.6. The molecule has 0 fully saturated rings. The zero-order valence-corrected chi connectivity index (χ0v) is 7.07.